The van der Waals surface area contributed by atoms with Crippen LogP contribution < -0.4 is 4.90 Å². The maximum absolute atomic E-state index is 13.0. The summed E-state index contributed by atoms with van der Waals surface area (Å²) in [6, 6.07) is 20.1. The van der Waals surface area contributed by atoms with Gasteiger partial charge in [0.1, 0.15) is 18.2 Å². The number of aromatic nitrogens is 2. The number of esters is 1. The van der Waals surface area contributed by atoms with E-state index >= 15 is 0 Å². The van der Waals surface area contributed by atoms with E-state index in [4.69, 9.17) is 4.74 Å². The lowest BCUT2D eigenvalue weighted by atomic mass is 10.1. The smallest absolute Gasteiger partial charge is 0.338 e. The van der Waals surface area contributed by atoms with E-state index in [2.05, 4.69) is 9.97 Å². The van der Waals surface area contributed by atoms with Gasteiger partial charge in [-0.25, -0.2) is 14.7 Å². The van der Waals surface area contributed by atoms with Gasteiger partial charge in [-0.05, 0) is 48.9 Å². The highest BCUT2D eigenvalue weighted by Gasteiger charge is 2.37. The summed E-state index contributed by atoms with van der Waals surface area (Å²) < 4.78 is 5.17. The number of nitriles is 1. The van der Waals surface area contributed by atoms with E-state index in [0.29, 0.717) is 16.7 Å². The molecule has 36 heavy (non-hydrogen) atoms. The Morgan fingerprint density at radius 3 is 2.53 bits per heavy atom. The van der Waals surface area contributed by atoms with Crippen molar-refractivity contribution in [3.8, 4) is 6.07 Å². The summed E-state index contributed by atoms with van der Waals surface area (Å²) in [5, 5.41) is 19.9. The molecule has 4 aromatic rings. The number of allylic oxidation sites excluding steroid dienone is 1. The van der Waals surface area contributed by atoms with Crippen LogP contribution in [0.25, 0.3) is 16.6 Å². The highest BCUT2D eigenvalue weighted by atomic mass is 16.5. The van der Waals surface area contributed by atoms with E-state index in [0.717, 1.165) is 10.5 Å². The number of para-hydroxylation sites is 3. The number of carbonyl (C=O) groups excluding carboxylic acids is 3. The average Bonchev–Trinajstić information content (AvgIpc) is 3.42. The third kappa shape index (κ3) is 3.76. The molecule has 0 spiro atoms. The molecule has 0 saturated carbocycles. The zero-order valence-electron chi connectivity index (χ0n) is 19.0. The second-order valence-electron chi connectivity index (χ2n) is 8.10. The van der Waals surface area contributed by atoms with Crippen LogP contribution >= 0.6 is 0 Å². The molecule has 3 aromatic carbocycles. The Balaban J connectivity index is 1.36. The normalized spacial score (nSPS) is 13.4. The van der Waals surface area contributed by atoms with Gasteiger partial charge in [0.05, 0.1) is 33.4 Å². The number of H-pyrrole nitrogens is 1. The number of benzene rings is 3. The lowest BCUT2D eigenvalue weighted by molar-refractivity contribution is 0.0502. The monoisotopic (exact) mass is 478 g/mol. The van der Waals surface area contributed by atoms with Crippen molar-refractivity contribution in [2.24, 2.45) is 0 Å². The number of amides is 2. The number of aromatic amines is 1. The molecule has 0 radical (unpaired) electrons. The van der Waals surface area contributed by atoms with Crippen LogP contribution in [0.1, 0.15) is 42.5 Å². The minimum Gasteiger partial charge on any atom is -0.507 e. The van der Waals surface area contributed by atoms with Crippen molar-refractivity contribution in [1.82, 2.24) is 9.97 Å². The summed E-state index contributed by atoms with van der Waals surface area (Å²) in [6.07, 6.45) is 0. The van der Waals surface area contributed by atoms with Crippen molar-refractivity contribution in [3.05, 3.63) is 101 Å². The molecular formula is C27H18N4O5. The van der Waals surface area contributed by atoms with Crippen molar-refractivity contribution < 1.29 is 24.2 Å². The van der Waals surface area contributed by atoms with E-state index in [1.807, 2.05) is 6.07 Å². The molecule has 1 aromatic heterocycles. The number of aliphatic hydroxyl groups is 1. The molecule has 0 unspecified atom stereocenters. The highest BCUT2D eigenvalue weighted by molar-refractivity contribution is 6.34. The Labute approximate surface area is 204 Å². The number of rotatable bonds is 5. The van der Waals surface area contributed by atoms with Gasteiger partial charge >= 0.3 is 5.97 Å². The number of fused-ring (bicyclic) bond motifs is 2. The molecule has 0 atom stereocenters. The second kappa shape index (κ2) is 8.85. The van der Waals surface area contributed by atoms with Gasteiger partial charge in [0.15, 0.2) is 11.6 Å². The molecule has 2 amide bonds. The first-order valence-electron chi connectivity index (χ1n) is 10.9. The summed E-state index contributed by atoms with van der Waals surface area (Å²) in [6.45, 7) is 1.21. The Morgan fingerprint density at radius 1 is 1.06 bits per heavy atom. The van der Waals surface area contributed by atoms with Gasteiger partial charge in [-0.2, -0.15) is 5.26 Å². The number of carbonyl (C=O) groups is 3. The summed E-state index contributed by atoms with van der Waals surface area (Å²) in [5.41, 5.74) is 2.64. The molecule has 0 bridgehead atoms. The number of imide groups is 1. The molecule has 0 aliphatic carbocycles. The molecule has 2 heterocycles. The molecule has 9 heteroatoms. The third-order valence-corrected chi connectivity index (χ3v) is 5.85. The zero-order chi connectivity index (χ0) is 25.4. The predicted molar refractivity (Wildman–Crippen MR) is 130 cm³/mol. The van der Waals surface area contributed by atoms with Crippen LogP contribution in [0.5, 0.6) is 0 Å². The van der Waals surface area contributed by atoms with Gasteiger partial charge in [0.25, 0.3) is 11.8 Å². The van der Waals surface area contributed by atoms with Crippen LogP contribution in [-0.4, -0.2) is 39.5 Å². The van der Waals surface area contributed by atoms with Gasteiger partial charge < -0.3 is 14.8 Å². The Hall–Kier alpha value is -5.23. The lowest BCUT2D eigenvalue weighted by Crippen LogP contribution is -2.29. The summed E-state index contributed by atoms with van der Waals surface area (Å²) in [5.74, 6) is -2.19. The SMILES string of the molecule is Cc1ccccc1N1C(=O)c2ccc(C(=O)OCC(O)=C(C#N)c3nc4ccccc4[nH]3)cc2C1=O. The Kier molecular flexibility index (Phi) is 5.54. The molecule has 0 fully saturated rings. The quantitative estimate of drug-likeness (QED) is 0.189. The van der Waals surface area contributed by atoms with Crippen molar-refractivity contribution in [2.75, 3.05) is 11.5 Å². The highest BCUT2D eigenvalue weighted by Crippen LogP contribution is 2.31. The third-order valence-electron chi connectivity index (χ3n) is 5.85. The van der Waals surface area contributed by atoms with Gasteiger partial charge in [0.2, 0.25) is 0 Å². The number of hydrogen-bond acceptors (Lipinski definition) is 7. The Bertz CT molecular complexity index is 1610. The van der Waals surface area contributed by atoms with Crippen molar-refractivity contribution >= 4 is 40.1 Å². The maximum Gasteiger partial charge on any atom is 0.338 e. The summed E-state index contributed by atoms with van der Waals surface area (Å²) >= 11 is 0. The molecule has 176 valence electrons. The maximum atomic E-state index is 13.0. The van der Waals surface area contributed by atoms with Gasteiger partial charge in [-0.15, -0.1) is 0 Å². The lowest BCUT2D eigenvalue weighted by Gasteiger charge is -2.16. The number of hydrogen-bond donors (Lipinski definition) is 2. The number of nitrogens with one attached hydrogen (secondary N) is 1. The van der Waals surface area contributed by atoms with E-state index in [-0.39, 0.29) is 28.1 Å². The fourth-order valence-electron chi connectivity index (χ4n) is 4.02. The van der Waals surface area contributed by atoms with E-state index < -0.39 is 30.1 Å². The number of aliphatic hydroxyl groups excluding tert-OH is 1. The number of ether oxygens (including phenoxy) is 1. The predicted octanol–water partition coefficient (Wildman–Crippen LogP) is 4.32. The van der Waals surface area contributed by atoms with Crippen LogP contribution in [0.15, 0.2) is 72.5 Å². The molecule has 2 N–H and O–H groups in total. The fraction of sp³-hybridized carbons (Fsp3) is 0.0741. The summed E-state index contributed by atoms with van der Waals surface area (Å²) in [7, 11) is 0. The van der Waals surface area contributed by atoms with Gasteiger partial charge in [0, 0.05) is 0 Å². The van der Waals surface area contributed by atoms with Crippen molar-refractivity contribution in [1.29, 1.82) is 5.26 Å². The fourth-order valence-corrected chi connectivity index (χ4v) is 4.02. The molecule has 5 rings (SSSR count). The first-order chi connectivity index (χ1) is 17.4. The van der Waals surface area contributed by atoms with E-state index in [9.17, 15) is 24.8 Å². The standard InChI is InChI=1S/C27H18N4O5/c1-15-6-2-5-9-22(15)31-25(33)17-11-10-16(12-18(17)26(31)34)27(35)36-14-23(32)19(13-28)24-29-20-7-3-4-8-21(20)30-24/h2-12,32H,14H2,1H3,(H,29,30). The topological polar surface area (TPSA) is 136 Å². The van der Waals surface area contributed by atoms with Crippen LogP contribution in [0, 0.1) is 18.3 Å². The number of aryl methyl sites for hydroxylation is 1. The number of nitrogens with zero attached hydrogens (tertiary/aromatic N) is 3. The van der Waals surface area contributed by atoms with E-state index in [1.165, 1.54) is 18.2 Å². The van der Waals surface area contributed by atoms with Crippen LogP contribution in [0.2, 0.25) is 0 Å². The van der Waals surface area contributed by atoms with Crippen LogP contribution in [-0.2, 0) is 4.74 Å². The van der Waals surface area contributed by atoms with Gasteiger partial charge in [-0.1, -0.05) is 30.3 Å². The largest absolute Gasteiger partial charge is 0.507 e. The zero-order valence-corrected chi connectivity index (χ0v) is 19.0. The second-order valence-corrected chi connectivity index (χ2v) is 8.10. The van der Waals surface area contributed by atoms with Crippen molar-refractivity contribution in [3.63, 3.8) is 0 Å². The average molecular weight is 478 g/mol. The molecule has 1 aliphatic rings. The Morgan fingerprint density at radius 2 is 1.78 bits per heavy atom. The number of anilines is 1. The summed E-state index contributed by atoms with van der Waals surface area (Å²) in [4.78, 5) is 46.8. The minimum absolute atomic E-state index is 0.0246. The van der Waals surface area contributed by atoms with E-state index in [1.54, 1.807) is 55.5 Å². The molecule has 1 aliphatic heterocycles. The first kappa shape index (κ1) is 22.6. The molecule has 0 saturated heterocycles. The minimum atomic E-state index is -0.833. The van der Waals surface area contributed by atoms with Crippen LogP contribution in [0.3, 0.4) is 0 Å². The first-order valence-corrected chi connectivity index (χ1v) is 10.9. The van der Waals surface area contributed by atoms with Gasteiger partial charge in [-0.3, -0.25) is 9.59 Å². The molecule has 9 nitrogen and oxygen atoms in total. The molecular weight excluding hydrogens is 460 g/mol. The van der Waals surface area contributed by atoms with Crippen molar-refractivity contribution in [2.45, 2.75) is 6.92 Å². The van der Waals surface area contributed by atoms with Crippen LogP contribution in [0.4, 0.5) is 5.69 Å². The number of imidazole rings is 1.